The first-order valence-corrected chi connectivity index (χ1v) is 6.54. The van der Waals surface area contributed by atoms with Crippen LogP contribution in [-0.4, -0.2) is 12.4 Å². The number of ether oxygens (including phenoxy) is 2. The second kappa shape index (κ2) is 6.44. The fourth-order valence-corrected chi connectivity index (χ4v) is 1.99. The Kier molecular flexibility index (Phi) is 4.64. The minimum Gasteiger partial charge on any atom is -0.493 e. The second-order valence-corrected chi connectivity index (χ2v) is 4.76. The van der Waals surface area contributed by atoms with Crippen molar-refractivity contribution in [3.8, 4) is 11.5 Å². The van der Waals surface area contributed by atoms with E-state index in [2.05, 4.69) is 6.07 Å². The predicted octanol–water partition coefficient (Wildman–Crippen LogP) is 3.96. The van der Waals surface area contributed by atoms with Gasteiger partial charge in [0, 0.05) is 5.56 Å². The molecule has 2 aromatic carbocycles. The van der Waals surface area contributed by atoms with Crippen LogP contribution in [0, 0.1) is 6.92 Å². The molecule has 0 saturated carbocycles. The average molecular weight is 291 g/mol. The van der Waals surface area contributed by atoms with Crippen LogP contribution in [0.3, 0.4) is 0 Å². The third kappa shape index (κ3) is 3.52. The molecule has 0 aliphatic heterocycles. The third-order valence-corrected chi connectivity index (χ3v) is 3.09. The second-order valence-electron chi connectivity index (χ2n) is 4.42. The Morgan fingerprint density at radius 1 is 1.15 bits per heavy atom. The van der Waals surface area contributed by atoms with Gasteiger partial charge in [-0.15, -0.1) is 0 Å². The third-order valence-electron chi connectivity index (χ3n) is 2.87. The van der Waals surface area contributed by atoms with Gasteiger partial charge in [0.15, 0.2) is 11.5 Å². The van der Waals surface area contributed by atoms with Gasteiger partial charge in [-0.3, -0.25) is 4.79 Å². The van der Waals surface area contributed by atoms with Crippen molar-refractivity contribution in [2.45, 2.75) is 13.5 Å². The van der Waals surface area contributed by atoms with Crippen LogP contribution < -0.4 is 9.47 Å². The van der Waals surface area contributed by atoms with Crippen molar-refractivity contribution in [3.05, 3.63) is 59.2 Å². The fraction of sp³-hybridized carbons (Fsp3) is 0.188. The van der Waals surface area contributed by atoms with Gasteiger partial charge < -0.3 is 9.47 Å². The molecule has 0 aromatic heterocycles. The number of aryl methyl sites for hydroxylation is 1. The molecule has 0 radical (unpaired) electrons. The zero-order valence-electron chi connectivity index (χ0n) is 11.4. The van der Waals surface area contributed by atoms with Crippen molar-refractivity contribution in [1.29, 1.82) is 0 Å². The van der Waals surface area contributed by atoms with Crippen molar-refractivity contribution < 1.29 is 14.3 Å². The number of carbonyl (C=O) groups is 1. The van der Waals surface area contributed by atoms with Crippen LogP contribution in [0.15, 0.2) is 42.5 Å². The molecule has 0 N–H and O–H groups in total. The van der Waals surface area contributed by atoms with Crippen LogP contribution in [0.4, 0.5) is 0 Å². The summed E-state index contributed by atoms with van der Waals surface area (Å²) in [7, 11) is 1.53. The molecule has 0 aliphatic rings. The number of hydrogen-bond acceptors (Lipinski definition) is 3. The predicted molar refractivity (Wildman–Crippen MR) is 78.7 cm³/mol. The van der Waals surface area contributed by atoms with Crippen LogP contribution in [0.25, 0.3) is 0 Å². The molecule has 2 aromatic rings. The van der Waals surface area contributed by atoms with E-state index < -0.39 is 5.24 Å². The number of halogens is 1. The Hall–Kier alpha value is -2.00. The van der Waals surface area contributed by atoms with Crippen LogP contribution in [0.1, 0.15) is 21.5 Å². The van der Waals surface area contributed by atoms with E-state index in [-0.39, 0.29) is 0 Å². The summed E-state index contributed by atoms with van der Waals surface area (Å²) in [5.74, 6) is 1.07. The summed E-state index contributed by atoms with van der Waals surface area (Å²) in [5.41, 5.74) is 2.64. The van der Waals surface area contributed by atoms with Crippen LogP contribution >= 0.6 is 11.6 Å². The first kappa shape index (κ1) is 14.4. The summed E-state index contributed by atoms with van der Waals surface area (Å²) in [4.78, 5) is 11.1. The Morgan fingerprint density at radius 2 is 1.95 bits per heavy atom. The van der Waals surface area contributed by atoms with Gasteiger partial charge >= 0.3 is 0 Å². The zero-order valence-corrected chi connectivity index (χ0v) is 12.1. The highest BCUT2D eigenvalue weighted by molar-refractivity contribution is 6.67. The maximum Gasteiger partial charge on any atom is 0.252 e. The van der Waals surface area contributed by atoms with E-state index >= 15 is 0 Å². The molecule has 2 rings (SSSR count). The molecule has 4 heteroatoms. The van der Waals surface area contributed by atoms with Gasteiger partial charge in [0.1, 0.15) is 6.61 Å². The number of benzene rings is 2. The van der Waals surface area contributed by atoms with E-state index in [1.807, 2.05) is 25.1 Å². The molecular formula is C16H15ClO3. The quantitative estimate of drug-likeness (QED) is 0.782. The summed E-state index contributed by atoms with van der Waals surface area (Å²) in [6.07, 6.45) is 0. The molecule has 0 bridgehead atoms. The Labute approximate surface area is 123 Å². The lowest BCUT2D eigenvalue weighted by Crippen LogP contribution is -1.99. The standard InChI is InChI=1S/C16H15ClO3/c1-11-4-3-5-12(8-11)10-20-14-7-6-13(16(17)18)9-15(14)19-2/h3-9H,10H2,1-2H3. The van der Waals surface area contributed by atoms with Crippen molar-refractivity contribution in [1.82, 2.24) is 0 Å². The number of hydrogen-bond donors (Lipinski definition) is 0. The number of rotatable bonds is 5. The zero-order chi connectivity index (χ0) is 14.5. The SMILES string of the molecule is COc1cc(C(=O)Cl)ccc1OCc1cccc(C)c1. The summed E-state index contributed by atoms with van der Waals surface area (Å²) >= 11 is 5.44. The van der Waals surface area contributed by atoms with Crippen LogP contribution in [0.2, 0.25) is 0 Å². The molecule has 104 valence electrons. The van der Waals surface area contributed by atoms with Gasteiger partial charge in [0.2, 0.25) is 0 Å². The average Bonchev–Trinajstić information content (AvgIpc) is 2.45. The number of carbonyl (C=O) groups excluding carboxylic acids is 1. The minimum atomic E-state index is -0.520. The summed E-state index contributed by atoms with van der Waals surface area (Å²) in [5, 5.41) is -0.520. The molecule has 0 fully saturated rings. The van der Waals surface area contributed by atoms with Gasteiger partial charge in [-0.05, 0) is 42.3 Å². The monoisotopic (exact) mass is 290 g/mol. The maximum absolute atomic E-state index is 11.1. The van der Waals surface area contributed by atoms with Gasteiger partial charge in [-0.2, -0.15) is 0 Å². The van der Waals surface area contributed by atoms with Crippen molar-refractivity contribution in [2.24, 2.45) is 0 Å². The lowest BCUT2D eigenvalue weighted by Gasteiger charge is -2.11. The van der Waals surface area contributed by atoms with Crippen LogP contribution in [-0.2, 0) is 6.61 Å². The molecule has 0 spiro atoms. The highest BCUT2D eigenvalue weighted by atomic mass is 35.5. The molecule has 0 atom stereocenters. The van der Waals surface area contributed by atoms with Crippen molar-refractivity contribution in [2.75, 3.05) is 7.11 Å². The maximum atomic E-state index is 11.1. The molecule has 0 amide bonds. The summed E-state index contributed by atoms with van der Waals surface area (Å²) in [6.45, 7) is 2.47. The highest BCUT2D eigenvalue weighted by Crippen LogP contribution is 2.29. The van der Waals surface area contributed by atoms with Gasteiger partial charge in [-0.25, -0.2) is 0 Å². The fourth-order valence-electron chi connectivity index (χ4n) is 1.87. The molecule has 0 aliphatic carbocycles. The molecule has 0 saturated heterocycles. The van der Waals surface area contributed by atoms with E-state index in [4.69, 9.17) is 21.1 Å². The minimum absolute atomic E-state index is 0.381. The largest absolute Gasteiger partial charge is 0.493 e. The van der Waals surface area contributed by atoms with E-state index in [0.29, 0.717) is 23.7 Å². The van der Waals surface area contributed by atoms with Crippen molar-refractivity contribution >= 4 is 16.8 Å². The van der Waals surface area contributed by atoms with E-state index in [1.54, 1.807) is 18.2 Å². The molecule has 0 unspecified atom stereocenters. The first-order chi connectivity index (χ1) is 9.60. The summed E-state index contributed by atoms with van der Waals surface area (Å²) in [6, 6.07) is 12.9. The number of methoxy groups -OCH3 is 1. The first-order valence-electron chi connectivity index (χ1n) is 6.16. The molecular weight excluding hydrogens is 276 g/mol. The van der Waals surface area contributed by atoms with Gasteiger partial charge in [-0.1, -0.05) is 29.8 Å². The van der Waals surface area contributed by atoms with E-state index in [9.17, 15) is 4.79 Å². The Bertz CT molecular complexity index is 623. The lowest BCUT2D eigenvalue weighted by atomic mass is 10.1. The van der Waals surface area contributed by atoms with E-state index in [1.165, 1.54) is 12.7 Å². The Morgan fingerprint density at radius 3 is 2.60 bits per heavy atom. The lowest BCUT2D eigenvalue weighted by molar-refractivity contribution is 0.108. The smallest absolute Gasteiger partial charge is 0.252 e. The summed E-state index contributed by atoms with van der Waals surface area (Å²) < 4.78 is 10.9. The normalized spacial score (nSPS) is 10.2. The van der Waals surface area contributed by atoms with Crippen LogP contribution in [0.5, 0.6) is 11.5 Å². The molecule has 0 heterocycles. The molecule has 20 heavy (non-hydrogen) atoms. The van der Waals surface area contributed by atoms with Gasteiger partial charge in [0.05, 0.1) is 7.11 Å². The van der Waals surface area contributed by atoms with Crippen molar-refractivity contribution in [3.63, 3.8) is 0 Å². The molecule has 3 nitrogen and oxygen atoms in total. The Balaban J connectivity index is 2.15. The topological polar surface area (TPSA) is 35.5 Å². The van der Waals surface area contributed by atoms with E-state index in [0.717, 1.165) is 5.56 Å². The van der Waals surface area contributed by atoms with Gasteiger partial charge in [0.25, 0.3) is 5.24 Å². The highest BCUT2D eigenvalue weighted by Gasteiger charge is 2.09.